The van der Waals surface area contributed by atoms with Crippen LogP contribution in [0.5, 0.6) is 5.75 Å². The van der Waals surface area contributed by atoms with Gasteiger partial charge in [-0.1, -0.05) is 0 Å². The summed E-state index contributed by atoms with van der Waals surface area (Å²) in [6.45, 7) is 0. The maximum Gasteiger partial charge on any atom is 0.306 e. The number of anilines is 1. The standard InChI is InChI=1S/C14H16FNO4/c1-20-10-4-5-11(15)12(7-10)16-13(17)8-2-3-9(6-8)14(18)19/h4-5,7-9H,2-3,6H2,1H3,(H,16,17)(H,18,19)/t8-,9+/m1/s1. The molecule has 1 fully saturated rings. The molecule has 1 amide bonds. The smallest absolute Gasteiger partial charge is 0.306 e. The van der Waals surface area contributed by atoms with E-state index in [0.717, 1.165) is 0 Å². The summed E-state index contributed by atoms with van der Waals surface area (Å²) < 4.78 is 18.6. The summed E-state index contributed by atoms with van der Waals surface area (Å²) in [5.41, 5.74) is 0.0492. The zero-order chi connectivity index (χ0) is 14.7. The highest BCUT2D eigenvalue weighted by molar-refractivity contribution is 5.93. The molecule has 20 heavy (non-hydrogen) atoms. The van der Waals surface area contributed by atoms with Gasteiger partial charge in [-0.15, -0.1) is 0 Å². The van der Waals surface area contributed by atoms with E-state index in [-0.39, 0.29) is 17.5 Å². The van der Waals surface area contributed by atoms with Gasteiger partial charge in [0, 0.05) is 12.0 Å². The van der Waals surface area contributed by atoms with Crippen molar-refractivity contribution in [2.75, 3.05) is 12.4 Å². The number of carbonyl (C=O) groups excluding carboxylic acids is 1. The largest absolute Gasteiger partial charge is 0.497 e. The molecule has 1 aliphatic rings. The Morgan fingerprint density at radius 2 is 2.05 bits per heavy atom. The predicted octanol–water partition coefficient (Wildman–Crippen LogP) is 2.27. The fraction of sp³-hybridized carbons (Fsp3) is 0.429. The molecule has 0 unspecified atom stereocenters. The molecule has 108 valence electrons. The number of hydrogen-bond donors (Lipinski definition) is 2. The lowest BCUT2D eigenvalue weighted by atomic mass is 10.0. The van der Waals surface area contributed by atoms with E-state index in [0.29, 0.717) is 25.0 Å². The van der Waals surface area contributed by atoms with Gasteiger partial charge >= 0.3 is 5.97 Å². The van der Waals surface area contributed by atoms with Crippen LogP contribution in [0.3, 0.4) is 0 Å². The van der Waals surface area contributed by atoms with Crippen molar-refractivity contribution in [3.05, 3.63) is 24.0 Å². The lowest BCUT2D eigenvalue weighted by molar-refractivity contribution is -0.141. The number of methoxy groups -OCH3 is 1. The van der Waals surface area contributed by atoms with E-state index >= 15 is 0 Å². The third kappa shape index (κ3) is 3.07. The second-order valence-corrected chi connectivity index (χ2v) is 4.88. The first-order chi connectivity index (χ1) is 9.51. The van der Waals surface area contributed by atoms with Crippen molar-refractivity contribution in [2.24, 2.45) is 11.8 Å². The van der Waals surface area contributed by atoms with Crippen molar-refractivity contribution in [3.8, 4) is 5.75 Å². The van der Waals surface area contributed by atoms with Gasteiger partial charge in [-0.3, -0.25) is 9.59 Å². The van der Waals surface area contributed by atoms with Crippen LogP contribution in [0.1, 0.15) is 19.3 Å². The molecule has 0 radical (unpaired) electrons. The number of nitrogens with one attached hydrogen (secondary N) is 1. The minimum absolute atomic E-state index is 0.0492. The molecule has 0 spiro atoms. The summed E-state index contributed by atoms with van der Waals surface area (Å²) in [4.78, 5) is 22.9. The maximum absolute atomic E-state index is 13.6. The number of hydrogen-bond acceptors (Lipinski definition) is 3. The first kappa shape index (κ1) is 14.3. The number of rotatable bonds is 4. The molecule has 0 aromatic heterocycles. The molecule has 1 aliphatic carbocycles. The molecule has 0 bridgehead atoms. The van der Waals surface area contributed by atoms with Gasteiger partial charge in [-0.2, -0.15) is 0 Å². The van der Waals surface area contributed by atoms with Crippen LogP contribution in [-0.2, 0) is 9.59 Å². The molecule has 2 rings (SSSR count). The minimum atomic E-state index is -0.882. The van der Waals surface area contributed by atoms with Crippen LogP contribution in [0.2, 0.25) is 0 Å². The van der Waals surface area contributed by atoms with Crippen LogP contribution in [-0.4, -0.2) is 24.1 Å². The number of aliphatic carboxylic acids is 1. The quantitative estimate of drug-likeness (QED) is 0.887. The fourth-order valence-electron chi connectivity index (χ4n) is 2.41. The third-order valence-electron chi connectivity index (χ3n) is 3.58. The second-order valence-electron chi connectivity index (χ2n) is 4.88. The van der Waals surface area contributed by atoms with Crippen LogP contribution in [0.25, 0.3) is 0 Å². The molecule has 0 heterocycles. The average Bonchev–Trinajstić information content (AvgIpc) is 2.91. The van der Waals surface area contributed by atoms with Gasteiger partial charge in [0.15, 0.2) is 0 Å². The van der Waals surface area contributed by atoms with Gasteiger partial charge in [-0.25, -0.2) is 4.39 Å². The van der Waals surface area contributed by atoms with Crippen molar-refractivity contribution in [1.82, 2.24) is 0 Å². The number of ether oxygens (including phenoxy) is 1. The Morgan fingerprint density at radius 1 is 1.35 bits per heavy atom. The van der Waals surface area contributed by atoms with Gasteiger partial charge < -0.3 is 15.2 Å². The van der Waals surface area contributed by atoms with Gasteiger partial charge in [0.2, 0.25) is 5.91 Å². The van der Waals surface area contributed by atoms with Crippen molar-refractivity contribution in [2.45, 2.75) is 19.3 Å². The van der Waals surface area contributed by atoms with Gasteiger partial charge in [0.25, 0.3) is 0 Å². The normalized spacial score (nSPS) is 21.5. The zero-order valence-corrected chi connectivity index (χ0v) is 11.1. The minimum Gasteiger partial charge on any atom is -0.497 e. The Labute approximate surface area is 115 Å². The van der Waals surface area contributed by atoms with Crippen molar-refractivity contribution in [1.29, 1.82) is 0 Å². The number of carboxylic acids is 1. The zero-order valence-electron chi connectivity index (χ0n) is 11.1. The number of benzene rings is 1. The number of carboxylic acid groups (broad SMARTS) is 1. The van der Waals surface area contributed by atoms with Crippen LogP contribution >= 0.6 is 0 Å². The van der Waals surface area contributed by atoms with Gasteiger partial charge in [-0.05, 0) is 31.4 Å². The molecule has 6 heteroatoms. The molecule has 2 atom stereocenters. The summed E-state index contributed by atoms with van der Waals surface area (Å²) in [5, 5.41) is 11.4. The molecule has 0 saturated heterocycles. The highest BCUT2D eigenvalue weighted by Crippen LogP contribution is 2.32. The number of amides is 1. The van der Waals surface area contributed by atoms with E-state index in [1.54, 1.807) is 0 Å². The van der Waals surface area contributed by atoms with E-state index in [9.17, 15) is 14.0 Å². The first-order valence-electron chi connectivity index (χ1n) is 6.38. The number of carbonyl (C=O) groups is 2. The topological polar surface area (TPSA) is 75.6 Å². The summed E-state index contributed by atoms with van der Waals surface area (Å²) in [6, 6.07) is 4.07. The maximum atomic E-state index is 13.6. The molecule has 2 N–H and O–H groups in total. The first-order valence-corrected chi connectivity index (χ1v) is 6.38. The Morgan fingerprint density at radius 3 is 2.65 bits per heavy atom. The molecular weight excluding hydrogens is 265 g/mol. The summed E-state index contributed by atoms with van der Waals surface area (Å²) in [7, 11) is 1.45. The average molecular weight is 281 g/mol. The molecule has 0 aliphatic heterocycles. The molecular formula is C14H16FNO4. The van der Waals surface area contributed by atoms with Crippen LogP contribution in [0.15, 0.2) is 18.2 Å². The SMILES string of the molecule is COc1ccc(F)c(NC(=O)[C@@H]2CC[C@H](C(=O)O)C2)c1. The lowest BCUT2D eigenvalue weighted by Gasteiger charge is -2.12. The second kappa shape index (κ2) is 5.90. The highest BCUT2D eigenvalue weighted by atomic mass is 19.1. The Hall–Kier alpha value is -2.11. The van der Waals surface area contributed by atoms with E-state index < -0.39 is 17.7 Å². The predicted molar refractivity (Wildman–Crippen MR) is 70.0 cm³/mol. The van der Waals surface area contributed by atoms with E-state index in [1.807, 2.05) is 0 Å². The summed E-state index contributed by atoms with van der Waals surface area (Å²) >= 11 is 0. The van der Waals surface area contributed by atoms with Crippen LogP contribution in [0, 0.1) is 17.7 Å². The van der Waals surface area contributed by atoms with Gasteiger partial charge in [0.1, 0.15) is 11.6 Å². The van der Waals surface area contributed by atoms with E-state index in [4.69, 9.17) is 9.84 Å². The fourth-order valence-corrected chi connectivity index (χ4v) is 2.41. The Bertz CT molecular complexity index is 532. The van der Waals surface area contributed by atoms with E-state index in [2.05, 4.69) is 5.32 Å². The highest BCUT2D eigenvalue weighted by Gasteiger charge is 2.34. The van der Waals surface area contributed by atoms with Crippen molar-refractivity contribution >= 4 is 17.6 Å². The lowest BCUT2D eigenvalue weighted by Crippen LogP contribution is -2.22. The summed E-state index contributed by atoms with van der Waals surface area (Å²) in [5.74, 6) is -2.21. The number of halogens is 1. The summed E-state index contributed by atoms with van der Waals surface area (Å²) in [6.07, 6.45) is 1.29. The van der Waals surface area contributed by atoms with Crippen LogP contribution in [0.4, 0.5) is 10.1 Å². The van der Waals surface area contributed by atoms with Crippen molar-refractivity contribution < 1.29 is 23.8 Å². The molecule has 5 nitrogen and oxygen atoms in total. The molecule has 1 saturated carbocycles. The van der Waals surface area contributed by atoms with Crippen molar-refractivity contribution in [3.63, 3.8) is 0 Å². The van der Waals surface area contributed by atoms with Crippen LogP contribution < -0.4 is 10.1 Å². The molecule has 1 aromatic rings. The monoisotopic (exact) mass is 281 g/mol. The molecule has 1 aromatic carbocycles. The van der Waals surface area contributed by atoms with Gasteiger partial charge in [0.05, 0.1) is 18.7 Å². The Kier molecular flexibility index (Phi) is 4.22. The van der Waals surface area contributed by atoms with E-state index in [1.165, 1.54) is 25.3 Å². The third-order valence-corrected chi connectivity index (χ3v) is 3.58. The Balaban J connectivity index is 2.03.